The number of amides is 1. The van der Waals surface area contributed by atoms with Crippen LogP contribution in [0.2, 0.25) is 0 Å². The van der Waals surface area contributed by atoms with Gasteiger partial charge < -0.3 is 14.5 Å². The van der Waals surface area contributed by atoms with E-state index in [1.807, 2.05) is 0 Å². The maximum atomic E-state index is 12.4. The molecule has 0 fully saturated rings. The Morgan fingerprint density at radius 2 is 1.68 bits per heavy atom. The highest BCUT2D eigenvalue weighted by Crippen LogP contribution is 2.25. The van der Waals surface area contributed by atoms with Crippen LogP contribution in [0.3, 0.4) is 0 Å². The van der Waals surface area contributed by atoms with Gasteiger partial charge in [0.25, 0.3) is 5.91 Å². The van der Waals surface area contributed by atoms with Gasteiger partial charge in [0, 0.05) is 0 Å². The van der Waals surface area contributed by atoms with Gasteiger partial charge in [0.05, 0.1) is 10.9 Å². The molecule has 0 saturated heterocycles. The molecule has 1 atom stereocenters. The zero-order chi connectivity index (χ0) is 22.6. The lowest BCUT2D eigenvalue weighted by Crippen LogP contribution is -2.26. The summed E-state index contributed by atoms with van der Waals surface area (Å²) in [7, 11) is -3.63. The highest BCUT2D eigenvalue weighted by atomic mass is 32.2. The number of furan rings is 1. The lowest BCUT2D eigenvalue weighted by molar-refractivity contribution is -0.274. The van der Waals surface area contributed by atoms with Crippen LogP contribution >= 0.6 is 0 Å². The predicted octanol–water partition coefficient (Wildman–Crippen LogP) is 4.64. The first kappa shape index (κ1) is 22.4. The van der Waals surface area contributed by atoms with Gasteiger partial charge in [0.2, 0.25) is 0 Å². The molecule has 3 rings (SSSR count). The Kier molecular flexibility index (Phi) is 6.40. The molecule has 10 heteroatoms. The summed E-state index contributed by atoms with van der Waals surface area (Å²) >= 11 is 0. The molecule has 31 heavy (non-hydrogen) atoms. The molecule has 164 valence electrons. The summed E-state index contributed by atoms with van der Waals surface area (Å²) in [5, 5.41) is 2.64. The maximum absolute atomic E-state index is 12.4. The monoisotopic (exact) mass is 453 g/mol. The van der Waals surface area contributed by atoms with Crippen molar-refractivity contribution in [2.45, 2.75) is 30.0 Å². The largest absolute Gasteiger partial charge is 0.573 e. The number of halogens is 3. The molecule has 6 nitrogen and oxygen atoms in total. The quantitative estimate of drug-likeness (QED) is 0.563. The molecule has 2 aromatic carbocycles. The van der Waals surface area contributed by atoms with Crippen molar-refractivity contribution >= 4 is 15.7 Å². The normalized spacial score (nSPS) is 12.9. The highest BCUT2D eigenvalue weighted by Gasteiger charge is 2.31. The van der Waals surface area contributed by atoms with Crippen molar-refractivity contribution in [1.29, 1.82) is 0 Å². The molecule has 0 saturated carbocycles. The van der Waals surface area contributed by atoms with E-state index in [-0.39, 0.29) is 22.2 Å². The van der Waals surface area contributed by atoms with Crippen LogP contribution in [0.15, 0.2) is 76.0 Å². The Morgan fingerprint density at radius 1 is 1.03 bits per heavy atom. The molecular weight excluding hydrogens is 435 g/mol. The molecule has 1 unspecified atom stereocenters. The first-order valence-electron chi connectivity index (χ1n) is 9.06. The van der Waals surface area contributed by atoms with Crippen LogP contribution in [0.5, 0.6) is 5.75 Å². The molecule has 0 spiro atoms. The molecule has 0 radical (unpaired) electrons. The maximum Gasteiger partial charge on any atom is 0.573 e. The standard InChI is InChI=1S/C21H18F3NO5S/c1-14(15-7-9-16(10-8-15)30-21(22,23)24)25-20(26)19-12-11-17(29-19)13-31(27,28)18-5-3-2-4-6-18/h2-12,14H,13H2,1H3,(H,25,26). The number of sulfone groups is 1. The Labute approximate surface area is 176 Å². The van der Waals surface area contributed by atoms with Crippen LogP contribution in [0, 0.1) is 0 Å². The first-order valence-corrected chi connectivity index (χ1v) is 10.7. The van der Waals surface area contributed by atoms with Gasteiger partial charge in [0.15, 0.2) is 15.6 Å². The van der Waals surface area contributed by atoms with Gasteiger partial charge in [-0.25, -0.2) is 8.42 Å². The van der Waals surface area contributed by atoms with Gasteiger partial charge in [-0.05, 0) is 48.9 Å². The number of hydrogen-bond donors (Lipinski definition) is 1. The van der Waals surface area contributed by atoms with E-state index in [1.165, 1.54) is 36.4 Å². The van der Waals surface area contributed by atoms with Crippen molar-refractivity contribution in [2.24, 2.45) is 0 Å². The number of benzene rings is 2. The average molecular weight is 453 g/mol. The van der Waals surface area contributed by atoms with Gasteiger partial charge in [0.1, 0.15) is 17.3 Å². The molecule has 1 heterocycles. The minimum atomic E-state index is -4.79. The molecule has 0 aliphatic carbocycles. The third-order valence-electron chi connectivity index (χ3n) is 4.28. The zero-order valence-corrected chi connectivity index (χ0v) is 17.0. The second-order valence-corrected chi connectivity index (χ2v) is 8.64. The second kappa shape index (κ2) is 8.84. The number of nitrogens with one attached hydrogen (secondary N) is 1. The molecule has 0 bridgehead atoms. The summed E-state index contributed by atoms with van der Waals surface area (Å²) in [5.41, 5.74) is 0.543. The smallest absolute Gasteiger partial charge is 0.455 e. The fourth-order valence-corrected chi connectivity index (χ4v) is 4.05. The Balaban J connectivity index is 1.63. The van der Waals surface area contributed by atoms with Crippen LogP contribution in [-0.2, 0) is 15.6 Å². The Hall–Kier alpha value is -3.27. The molecule has 0 aliphatic rings. The molecule has 1 N–H and O–H groups in total. The Bertz CT molecular complexity index is 1140. The van der Waals surface area contributed by atoms with E-state index in [4.69, 9.17) is 4.42 Å². The van der Waals surface area contributed by atoms with E-state index in [9.17, 15) is 26.4 Å². The van der Waals surface area contributed by atoms with Crippen molar-refractivity contribution < 1.29 is 35.5 Å². The van der Waals surface area contributed by atoms with E-state index in [1.54, 1.807) is 25.1 Å². The van der Waals surface area contributed by atoms with Crippen molar-refractivity contribution in [3.05, 3.63) is 83.8 Å². The average Bonchev–Trinajstić information content (AvgIpc) is 3.16. The Morgan fingerprint density at radius 3 is 2.29 bits per heavy atom. The summed E-state index contributed by atoms with van der Waals surface area (Å²) in [4.78, 5) is 12.5. The zero-order valence-electron chi connectivity index (χ0n) is 16.2. The van der Waals surface area contributed by atoms with Crippen molar-refractivity contribution in [3.8, 4) is 5.75 Å². The summed E-state index contributed by atoms with van der Waals surface area (Å²) in [5.74, 6) is -1.34. The predicted molar refractivity (Wildman–Crippen MR) is 105 cm³/mol. The third-order valence-corrected chi connectivity index (χ3v) is 5.94. The minimum absolute atomic E-state index is 0.0814. The van der Waals surface area contributed by atoms with Crippen molar-refractivity contribution in [3.63, 3.8) is 0 Å². The summed E-state index contributed by atoms with van der Waals surface area (Å²) in [6, 6.07) is 15.2. The van der Waals surface area contributed by atoms with E-state index in [0.717, 1.165) is 12.1 Å². The summed E-state index contributed by atoms with van der Waals surface area (Å²) < 4.78 is 70.7. The fourth-order valence-electron chi connectivity index (χ4n) is 2.79. The van der Waals surface area contributed by atoms with Crippen molar-refractivity contribution in [1.82, 2.24) is 5.32 Å². The van der Waals surface area contributed by atoms with E-state index < -0.39 is 33.9 Å². The van der Waals surface area contributed by atoms with Crippen LogP contribution in [0.1, 0.15) is 34.8 Å². The SMILES string of the molecule is CC(NC(=O)c1ccc(CS(=O)(=O)c2ccccc2)o1)c1ccc(OC(F)(F)F)cc1. The van der Waals surface area contributed by atoms with Gasteiger partial charge in [-0.1, -0.05) is 30.3 Å². The highest BCUT2D eigenvalue weighted by molar-refractivity contribution is 7.90. The van der Waals surface area contributed by atoms with E-state index in [2.05, 4.69) is 10.1 Å². The molecular formula is C21H18F3NO5S. The first-order chi connectivity index (χ1) is 14.5. The molecule has 0 aliphatic heterocycles. The fraction of sp³-hybridized carbons (Fsp3) is 0.190. The number of carbonyl (C=O) groups excluding carboxylic acids is 1. The lowest BCUT2D eigenvalue weighted by Gasteiger charge is -2.14. The topological polar surface area (TPSA) is 85.6 Å². The number of carbonyl (C=O) groups is 1. The van der Waals surface area contributed by atoms with Crippen LogP contribution in [-0.4, -0.2) is 20.7 Å². The minimum Gasteiger partial charge on any atom is -0.455 e. The van der Waals surface area contributed by atoms with E-state index in [0.29, 0.717) is 5.56 Å². The van der Waals surface area contributed by atoms with Gasteiger partial charge >= 0.3 is 6.36 Å². The van der Waals surface area contributed by atoms with Crippen LogP contribution in [0.4, 0.5) is 13.2 Å². The summed E-state index contributed by atoms with van der Waals surface area (Å²) in [6.07, 6.45) is -4.79. The van der Waals surface area contributed by atoms with Crippen LogP contribution < -0.4 is 10.1 Å². The second-order valence-electron chi connectivity index (χ2n) is 6.65. The lowest BCUT2D eigenvalue weighted by atomic mass is 10.1. The van der Waals surface area contributed by atoms with Gasteiger partial charge in [-0.15, -0.1) is 13.2 Å². The summed E-state index contributed by atoms with van der Waals surface area (Å²) in [6.45, 7) is 1.64. The number of rotatable bonds is 7. The van der Waals surface area contributed by atoms with Crippen molar-refractivity contribution in [2.75, 3.05) is 0 Å². The molecule has 1 amide bonds. The molecule has 1 aromatic heterocycles. The third kappa shape index (κ3) is 6.11. The number of alkyl halides is 3. The number of hydrogen-bond acceptors (Lipinski definition) is 5. The molecule has 3 aromatic rings. The number of ether oxygens (including phenoxy) is 1. The van der Waals surface area contributed by atoms with Crippen LogP contribution in [0.25, 0.3) is 0 Å². The van der Waals surface area contributed by atoms with Gasteiger partial charge in [-0.2, -0.15) is 0 Å². The van der Waals surface area contributed by atoms with Gasteiger partial charge in [-0.3, -0.25) is 4.79 Å². The van der Waals surface area contributed by atoms with E-state index >= 15 is 0 Å².